The van der Waals surface area contributed by atoms with Crippen LogP contribution in [-0.4, -0.2) is 45.0 Å². The fourth-order valence-corrected chi connectivity index (χ4v) is 10.5. The molecule has 0 radical (unpaired) electrons. The number of aliphatic hydroxyl groups is 2. The molecule has 0 bridgehead atoms. The van der Waals surface area contributed by atoms with Crippen molar-refractivity contribution in [3.8, 4) is 0 Å². The molecule has 0 aromatic heterocycles. The van der Waals surface area contributed by atoms with E-state index in [1.54, 1.807) is 32.0 Å². The smallest absolute Gasteiger partial charge is 0.545 e. The first-order valence-electron chi connectivity index (χ1n) is 22.3. The molecule has 0 aliphatic carbocycles. The number of ether oxygens (including phenoxy) is 4. The summed E-state index contributed by atoms with van der Waals surface area (Å²) in [6, 6.07) is 15.3. The van der Waals surface area contributed by atoms with E-state index in [0.717, 1.165) is 68.0 Å². The first kappa shape index (κ1) is 69.5. The molecule has 0 unspecified atom stereocenters. The van der Waals surface area contributed by atoms with Crippen molar-refractivity contribution < 1.29 is 92.7 Å². The van der Waals surface area contributed by atoms with Crippen LogP contribution >= 0.6 is 119 Å². The number of carbonyl (C=O) groups is 5. The number of halogens is 8. The van der Waals surface area contributed by atoms with E-state index < -0.39 is 16.9 Å². The number of nitrogen functional groups attached to an aromatic ring is 1. The second kappa shape index (κ2) is 30.5. The Balaban J connectivity index is 0.000000249. The number of fused-ring (bicyclic) bond motifs is 4. The van der Waals surface area contributed by atoms with Crippen molar-refractivity contribution >= 4 is 160 Å². The molecule has 6 aromatic carbocycles. The number of anilines is 1. The van der Waals surface area contributed by atoms with E-state index in [0.29, 0.717) is 83.4 Å². The van der Waals surface area contributed by atoms with Crippen LogP contribution < -0.4 is 40.4 Å². The number of aliphatic hydroxyl groups excluding tert-OH is 2. The van der Waals surface area contributed by atoms with Gasteiger partial charge in [0.1, 0.15) is 26.4 Å². The van der Waals surface area contributed by atoms with E-state index in [1.807, 2.05) is 52.0 Å². The predicted octanol–water partition coefficient (Wildman–Crippen LogP) is 11.0. The van der Waals surface area contributed by atoms with Crippen LogP contribution in [0.1, 0.15) is 126 Å². The van der Waals surface area contributed by atoms with Crippen LogP contribution in [0.5, 0.6) is 0 Å². The van der Waals surface area contributed by atoms with Crippen LogP contribution in [0.3, 0.4) is 0 Å². The van der Waals surface area contributed by atoms with E-state index in [-0.39, 0.29) is 86.0 Å². The van der Waals surface area contributed by atoms with Gasteiger partial charge >= 0.3 is 53.4 Å². The number of nitro benzene ring substituents is 1. The van der Waals surface area contributed by atoms with Crippen LogP contribution in [-0.2, 0) is 58.6 Å². The molecule has 6 aromatic rings. The first-order valence-corrected chi connectivity index (χ1v) is 27.8. The number of nitrogens with zero attached hydrogens (tertiary/aromatic N) is 1. The summed E-state index contributed by atoms with van der Waals surface area (Å²) in [6.45, 7) is 12.3. The van der Waals surface area contributed by atoms with E-state index in [2.05, 4.69) is 95.6 Å². The minimum absolute atomic E-state index is 0. The zero-order chi connectivity index (χ0) is 57.5. The molecule has 25 heteroatoms. The zero-order valence-electron chi connectivity index (χ0n) is 42.3. The molecule has 0 saturated carbocycles. The second-order valence-corrected chi connectivity index (χ2v) is 22.5. The van der Waals surface area contributed by atoms with Gasteiger partial charge in [-0.3, -0.25) is 10.1 Å². The van der Waals surface area contributed by atoms with Gasteiger partial charge in [0.2, 0.25) is 0 Å². The SMILES string of the molecule is C.Cc1c(Br)c(Cl)cc(C(=O)[O-])c1CO.Cc1c(Br)c(Cl)cc2c1COC2=O.Cc1c(Br)c(N)cc2c1COC2=O.Cc1c(Br)c([N+](=O)[O-])cc2c1COC2=O.Cc1c(Br)ccc2c1COC2=O.Cc1c(Br)cccc1CO.[Na+]. The normalized spacial score (nSPS) is 12.5. The minimum Gasteiger partial charge on any atom is -0.545 e. The Morgan fingerprint density at radius 2 is 1.00 bits per heavy atom. The standard InChI is InChI=1S/C9H8BrClO3.C9H6BrClO2.C9H6BrNO4.C9H8BrNO2.C9H7BrO2.C8H9BrO.CH4.Na/c1-4-6(3-12)5(9(13)14)2-7(11)8(4)10;1-4-6-3-13-9(12)5(6)2-7(11)8(4)10;1-4-6-3-15-9(12)5(6)2-7(8(4)10)11(13)14;1-4-6-3-13-9(12)5(6)2-7(11)8(4)10;1-5-7-4-12-9(11)6(7)2-3-8(5)10;1-6-7(5-10)3-2-4-8(6)9;;/h2,12H,3H2,1H3,(H,13,14);2H,3H2,1H3;2H,3H2,1H3;2H,3,11H2,1H3;2-3H,4H2,1H3;2-4,10H,5H2,1H3;1H4;/q;;;;;;;+1/p-1. The topological polar surface area (TPSA) is 255 Å². The van der Waals surface area contributed by atoms with Gasteiger partial charge in [-0.05, 0) is 186 Å². The number of hydrogen-bond acceptors (Lipinski definition) is 15. The second-order valence-electron chi connectivity index (χ2n) is 16.8. The van der Waals surface area contributed by atoms with Gasteiger partial charge in [0.15, 0.2) is 0 Å². The molecule has 4 heterocycles. The molecule has 10 rings (SSSR count). The van der Waals surface area contributed by atoms with Gasteiger partial charge in [-0.2, -0.15) is 0 Å². The summed E-state index contributed by atoms with van der Waals surface area (Å²) in [6.07, 6.45) is 0. The van der Waals surface area contributed by atoms with Gasteiger partial charge in [-0.15, -0.1) is 0 Å². The van der Waals surface area contributed by atoms with Crippen LogP contribution in [0.4, 0.5) is 11.4 Å². The number of nitrogens with two attached hydrogens (primary N) is 1. The number of carboxylic acid groups (broad SMARTS) is 1. The Morgan fingerprint density at radius 1 is 0.582 bits per heavy atom. The van der Waals surface area contributed by atoms with Gasteiger partial charge in [0, 0.05) is 61.9 Å². The maximum Gasteiger partial charge on any atom is 1.00 e. The van der Waals surface area contributed by atoms with Gasteiger partial charge in [0.25, 0.3) is 5.69 Å². The number of rotatable bonds is 4. The number of hydrogen-bond donors (Lipinski definition) is 3. The maximum absolute atomic E-state index is 11.2. The summed E-state index contributed by atoms with van der Waals surface area (Å²) in [4.78, 5) is 65.6. The van der Waals surface area contributed by atoms with Crippen molar-refractivity contribution in [2.45, 2.75) is 88.6 Å². The van der Waals surface area contributed by atoms with E-state index in [9.17, 15) is 39.2 Å². The summed E-state index contributed by atoms with van der Waals surface area (Å²) in [5.74, 6) is -2.61. The third-order valence-corrected chi connectivity index (χ3v) is 19.2. The molecular weight excluding hydrogens is 1470 g/mol. The van der Waals surface area contributed by atoms with Crippen molar-refractivity contribution in [1.29, 1.82) is 0 Å². The molecule has 414 valence electrons. The molecule has 79 heavy (non-hydrogen) atoms. The largest absolute Gasteiger partial charge is 1.00 e. The maximum atomic E-state index is 11.2. The van der Waals surface area contributed by atoms with Crippen LogP contribution in [0.25, 0.3) is 0 Å². The Morgan fingerprint density at radius 3 is 1.47 bits per heavy atom. The van der Waals surface area contributed by atoms with Gasteiger partial charge < -0.3 is 44.8 Å². The minimum atomic E-state index is -1.34. The number of esters is 4. The summed E-state index contributed by atoms with van der Waals surface area (Å²) in [5, 5.41) is 40.1. The van der Waals surface area contributed by atoms with Crippen molar-refractivity contribution in [2.24, 2.45) is 0 Å². The number of cyclic esters (lactones) is 4. The molecule has 0 fully saturated rings. The van der Waals surface area contributed by atoms with Crippen molar-refractivity contribution in [2.75, 3.05) is 5.73 Å². The Bertz CT molecular complexity index is 3340. The fourth-order valence-electron chi connectivity index (χ4n) is 7.67. The Labute approximate surface area is 537 Å². The van der Waals surface area contributed by atoms with Crippen molar-refractivity contribution in [3.05, 3.63) is 196 Å². The average Bonchev–Trinajstić information content (AvgIpc) is 4.21. The third kappa shape index (κ3) is 16.1. The van der Waals surface area contributed by atoms with Crippen LogP contribution in [0.15, 0.2) is 81.4 Å². The summed E-state index contributed by atoms with van der Waals surface area (Å²) < 4.78 is 24.3. The number of carbonyl (C=O) groups excluding carboxylic acids is 5. The molecule has 4 N–H and O–H groups in total. The van der Waals surface area contributed by atoms with Gasteiger partial charge in [0.05, 0.1) is 60.9 Å². The fraction of sp³-hybridized carbons (Fsp3) is 0.241. The number of nitro groups is 1. The molecule has 4 aliphatic rings. The Hall–Kier alpha value is -3.75. The van der Waals surface area contributed by atoms with Crippen molar-refractivity contribution in [3.63, 3.8) is 0 Å². The molecule has 4 aliphatic heterocycles. The van der Waals surface area contributed by atoms with Gasteiger partial charge in [-0.25, -0.2) is 19.2 Å². The third-order valence-electron chi connectivity index (χ3n) is 12.4. The van der Waals surface area contributed by atoms with Crippen molar-refractivity contribution in [1.82, 2.24) is 0 Å². The zero-order valence-corrected chi connectivity index (χ0v) is 55.3. The first-order chi connectivity index (χ1) is 36.2. The van der Waals surface area contributed by atoms with E-state index in [1.165, 1.54) is 12.1 Å². The van der Waals surface area contributed by atoms with Crippen LogP contribution in [0, 0.1) is 51.7 Å². The summed E-state index contributed by atoms with van der Waals surface area (Å²) in [5.41, 5.74) is 18.7. The summed E-state index contributed by atoms with van der Waals surface area (Å²) >= 11 is 31.5. The summed E-state index contributed by atoms with van der Waals surface area (Å²) in [7, 11) is 0. The molecule has 16 nitrogen and oxygen atoms in total. The molecular formula is C54H47Br6Cl2N2NaO14. The van der Waals surface area contributed by atoms with Crippen LogP contribution in [0.2, 0.25) is 10.0 Å². The number of aromatic carboxylic acids is 1. The average molecular weight is 1520 g/mol. The quantitative estimate of drug-likeness (QED) is 0.0370. The number of carboxylic acids is 1. The molecule has 0 atom stereocenters. The Kier molecular flexibility index (Phi) is 26.9. The predicted molar refractivity (Wildman–Crippen MR) is 314 cm³/mol. The van der Waals surface area contributed by atoms with E-state index in [4.69, 9.17) is 58.1 Å². The molecule has 0 saturated heterocycles. The monoisotopic (exact) mass is 1510 g/mol. The number of benzene rings is 6. The molecule has 0 spiro atoms. The van der Waals surface area contributed by atoms with E-state index >= 15 is 0 Å². The molecule has 0 amide bonds. The van der Waals surface area contributed by atoms with Gasteiger partial charge in [-0.1, -0.05) is 74.6 Å².